The third-order valence-electron chi connectivity index (χ3n) is 5.00. The van der Waals surface area contributed by atoms with Gasteiger partial charge in [-0.05, 0) is 69.6 Å². The molecule has 0 aliphatic heterocycles. The van der Waals surface area contributed by atoms with E-state index in [4.69, 9.17) is 0 Å². The standard InChI is InChI=1S/C14H26O2/c1-9(15)12-4-3-11-7-13(6-5-12)14(8-11)10(2)16/h9-16H,3-8H2,1-2H3. The maximum absolute atomic E-state index is 9.81. The van der Waals surface area contributed by atoms with E-state index in [1.165, 1.54) is 32.1 Å². The fourth-order valence-corrected chi connectivity index (χ4v) is 3.94. The lowest BCUT2D eigenvalue weighted by Crippen LogP contribution is -2.23. The molecule has 0 radical (unpaired) electrons. The fraction of sp³-hybridized carbons (Fsp3) is 1.00. The van der Waals surface area contributed by atoms with Crippen molar-refractivity contribution in [2.45, 2.75) is 64.6 Å². The van der Waals surface area contributed by atoms with Gasteiger partial charge in [0.15, 0.2) is 0 Å². The molecule has 0 saturated heterocycles. The monoisotopic (exact) mass is 226 g/mol. The number of aliphatic hydroxyl groups is 2. The smallest absolute Gasteiger partial charge is 0.0543 e. The van der Waals surface area contributed by atoms with Crippen molar-refractivity contribution in [3.8, 4) is 0 Å². The van der Waals surface area contributed by atoms with Crippen molar-refractivity contribution in [3.05, 3.63) is 0 Å². The van der Waals surface area contributed by atoms with Gasteiger partial charge in [-0.25, -0.2) is 0 Å². The van der Waals surface area contributed by atoms with Crippen molar-refractivity contribution in [1.82, 2.24) is 0 Å². The van der Waals surface area contributed by atoms with Gasteiger partial charge in [0.05, 0.1) is 12.2 Å². The zero-order chi connectivity index (χ0) is 11.7. The number of hydrogen-bond acceptors (Lipinski definition) is 2. The van der Waals surface area contributed by atoms with Gasteiger partial charge in [0.25, 0.3) is 0 Å². The fourth-order valence-electron chi connectivity index (χ4n) is 3.94. The molecular weight excluding hydrogens is 200 g/mol. The first-order valence-corrected chi connectivity index (χ1v) is 6.94. The zero-order valence-electron chi connectivity index (χ0n) is 10.6. The maximum atomic E-state index is 9.81. The second-order valence-corrected chi connectivity index (χ2v) is 6.16. The van der Waals surface area contributed by atoms with Crippen molar-refractivity contribution in [3.63, 3.8) is 0 Å². The molecule has 6 atom stereocenters. The lowest BCUT2D eigenvalue weighted by Gasteiger charge is -2.27. The number of aliphatic hydroxyl groups excluding tert-OH is 2. The predicted molar refractivity (Wildman–Crippen MR) is 65.0 cm³/mol. The van der Waals surface area contributed by atoms with Crippen LogP contribution in [-0.2, 0) is 0 Å². The summed E-state index contributed by atoms with van der Waals surface area (Å²) in [7, 11) is 0. The molecule has 2 aliphatic rings. The molecule has 0 aromatic carbocycles. The van der Waals surface area contributed by atoms with E-state index in [0.717, 1.165) is 12.3 Å². The Morgan fingerprint density at radius 3 is 2.19 bits per heavy atom. The summed E-state index contributed by atoms with van der Waals surface area (Å²) in [5, 5.41) is 19.5. The van der Waals surface area contributed by atoms with Gasteiger partial charge >= 0.3 is 0 Å². The first kappa shape index (κ1) is 12.4. The summed E-state index contributed by atoms with van der Waals surface area (Å²) in [6.45, 7) is 3.88. The van der Waals surface area contributed by atoms with Gasteiger partial charge in [-0.1, -0.05) is 6.42 Å². The molecule has 2 aliphatic carbocycles. The SMILES string of the molecule is CC(O)C1CCC2CC(CC1)C(C(C)O)C2. The minimum atomic E-state index is -0.150. The molecule has 0 aromatic heterocycles. The van der Waals surface area contributed by atoms with Gasteiger partial charge in [0.1, 0.15) is 0 Å². The van der Waals surface area contributed by atoms with E-state index >= 15 is 0 Å². The van der Waals surface area contributed by atoms with Gasteiger partial charge in [-0.3, -0.25) is 0 Å². The summed E-state index contributed by atoms with van der Waals surface area (Å²) < 4.78 is 0. The summed E-state index contributed by atoms with van der Waals surface area (Å²) in [6.07, 6.45) is 7.05. The van der Waals surface area contributed by atoms with Gasteiger partial charge in [-0.15, -0.1) is 0 Å². The molecule has 2 bridgehead atoms. The first-order chi connectivity index (χ1) is 7.58. The van der Waals surface area contributed by atoms with Crippen molar-refractivity contribution in [1.29, 1.82) is 0 Å². The Balaban J connectivity index is 1.99. The van der Waals surface area contributed by atoms with Crippen molar-refractivity contribution >= 4 is 0 Å². The zero-order valence-corrected chi connectivity index (χ0v) is 10.6. The topological polar surface area (TPSA) is 40.5 Å². The van der Waals surface area contributed by atoms with Gasteiger partial charge in [-0.2, -0.15) is 0 Å². The third kappa shape index (κ3) is 2.60. The van der Waals surface area contributed by atoms with Gasteiger partial charge < -0.3 is 10.2 Å². The predicted octanol–water partition coefficient (Wildman–Crippen LogP) is 2.58. The van der Waals surface area contributed by atoms with E-state index in [9.17, 15) is 10.2 Å². The van der Waals surface area contributed by atoms with Crippen LogP contribution in [0.15, 0.2) is 0 Å². The van der Waals surface area contributed by atoms with Crippen LogP contribution in [0.3, 0.4) is 0 Å². The lowest BCUT2D eigenvalue weighted by atomic mass is 9.81. The molecule has 0 amide bonds. The minimum Gasteiger partial charge on any atom is -0.393 e. The summed E-state index contributed by atoms with van der Waals surface area (Å²) >= 11 is 0. The van der Waals surface area contributed by atoms with E-state index in [0.29, 0.717) is 17.8 Å². The van der Waals surface area contributed by atoms with Crippen molar-refractivity contribution in [2.75, 3.05) is 0 Å². The second kappa shape index (κ2) is 5.05. The van der Waals surface area contributed by atoms with Crippen LogP contribution in [0.25, 0.3) is 0 Å². The maximum Gasteiger partial charge on any atom is 0.0543 e. The highest BCUT2D eigenvalue weighted by molar-refractivity contribution is 4.89. The van der Waals surface area contributed by atoms with E-state index in [1.807, 2.05) is 13.8 Å². The molecule has 2 fully saturated rings. The van der Waals surface area contributed by atoms with Gasteiger partial charge in [0.2, 0.25) is 0 Å². The van der Waals surface area contributed by atoms with Crippen LogP contribution in [0.5, 0.6) is 0 Å². The average Bonchev–Trinajstić information content (AvgIpc) is 2.58. The molecule has 2 saturated carbocycles. The largest absolute Gasteiger partial charge is 0.393 e. The molecular formula is C14H26O2. The highest BCUT2D eigenvalue weighted by atomic mass is 16.3. The summed E-state index contributed by atoms with van der Waals surface area (Å²) in [5.74, 6) is 2.55. The Hall–Kier alpha value is -0.0800. The lowest BCUT2D eigenvalue weighted by molar-refractivity contribution is 0.0840. The van der Waals surface area contributed by atoms with Crippen LogP contribution >= 0.6 is 0 Å². The van der Waals surface area contributed by atoms with Crippen LogP contribution in [0.2, 0.25) is 0 Å². The summed E-state index contributed by atoms with van der Waals surface area (Å²) in [4.78, 5) is 0. The molecule has 16 heavy (non-hydrogen) atoms. The molecule has 6 unspecified atom stereocenters. The molecule has 0 aromatic rings. The van der Waals surface area contributed by atoms with Crippen LogP contribution in [0, 0.1) is 23.7 Å². The Labute approximate surface area is 99.1 Å². The van der Waals surface area contributed by atoms with E-state index in [1.54, 1.807) is 0 Å². The van der Waals surface area contributed by atoms with Crippen LogP contribution in [0.1, 0.15) is 52.4 Å². The molecule has 0 heterocycles. The Bertz CT molecular complexity index is 225. The van der Waals surface area contributed by atoms with Crippen molar-refractivity contribution in [2.24, 2.45) is 23.7 Å². The molecule has 2 rings (SSSR count). The van der Waals surface area contributed by atoms with Crippen LogP contribution < -0.4 is 0 Å². The normalized spacial score (nSPS) is 43.5. The van der Waals surface area contributed by atoms with Crippen LogP contribution in [0.4, 0.5) is 0 Å². The summed E-state index contributed by atoms with van der Waals surface area (Å²) in [5.41, 5.74) is 0. The summed E-state index contributed by atoms with van der Waals surface area (Å²) in [6, 6.07) is 0. The van der Waals surface area contributed by atoms with E-state index in [-0.39, 0.29) is 12.2 Å². The Kier molecular flexibility index (Phi) is 3.91. The highest BCUT2D eigenvalue weighted by Crippen LogP contribution is 2.46. The number of rotatable bonds is 2. The number of fused-ring (bicyclic) bond motifs is 2. The number of hydrogen-bond donors (Lipinski definition) is 2. The molecule has 2 nitrogen and oxygen atoms in total. The molecule has 2 N–H and O–H groups in total. The first-order valence-electron chi connectivity index (χ1n) is 6.94. The van der Waals surface area contributed by atoms with E-state index < -0.39 is 0 Å². The highest BCUT2D eigenvalue weighted by Gasteiger charge is 2.38. The average molecular weight is 226 g/mol. The molecule has 2 heteroatoms. The quantitative estimate of drug-likeness (QED) is 0.760. The second-order valence-electron chi connectivity index (χ2n) is 6.16. The Morgan fingerprint density at radius 2 is 1.56 bits per heavy atom. The molecule has 94 valence electrons. The van der Waals surface area contributed by atoms with Gasteiger partial charge in [0, 0.05) is 0 Å². The molecule has 0 spiro atoms. The Morgan fingerprint density at radius 1 is 0.875 bits per heavy atom. The van der Waals surface area contributed by atoms with E-state index in [2.05, 4.69) is 0 Å². The minimum absolute atomic E-state index is 0.141. The van der Waals surface area contributed by atoms with Crippen LogP contribution in [-0.4, -0.2) is 22.4 Å². The van der Waals surface area contributed by atoms with Crippen molar-refractivity contribution < 1.29 is 10.2 Å². The third-order valence-corrected chi connectivity index (χ3v) is 5.00.